The van der Waals surface area contributed by atoms with E-state index in [0.717, 1.165) is 13.8 Å². The van der Waals surface area contributed by atoms with E-state index in [0.29, 0.717) is 0 Å². The molecule has 2 unspecified atom stereocenters. The van der Waals surface area contributed by atoms with Crippen molar-refractivity contribution < 1.29 is 36.0 Å². The summed E-state index contributed by atoms with van der Waals surface area (Å²) in [4.78, 5) is 0. The highest BCUT2D eigenvalue weighted by molar-refractivity contribution is 7.87. The lowest BCUT2D eigenvalue weighted by Gasteiger charge is -2.36. The van der Waals surface area contributed by atoms with Gasteiger partial charge in [-0.15, -0.1) is 0 Å². The summed E-state index contributed by atoms with van der Waals surface area (Å²) in [6.45, 7) is 1.45. The van der Waals surface area contributed by atoms with Gasteiger partial charge in [0.15, 0.2) is 6.10 Å². The number of hydrogen-bond donors (Lipinski definition) is 4. The number of nitrogens with two attached hydrogens (primary N) is 2. The molecule has 0 saturated heterocycles. The molecule has 0 heterocycles. The first-order valence-electron chi connectivity index (χ1n) is 4.11. The van der Waals surface area contributed by atoms with Crippen LogP contribution in [-0.4, -0.2) is 41.7 Å². The SMILES string of the molecule is CC(N)(O)C(OS(=O)(=O)C(F)(F)F)C(C)(N)O. The van der Waals surface area contributed by atoms with E-state index in [4.69, 9.17) is 11.5 Å². The van der Waals surface area contributed by atoms with E-state index in [1.165, 1.54) is 0 Å². The number of halogens is 3. The van der Waals surface area contributed by atoms with Crippen LogP contribution in [0.1, 0.15) is 13.8 Å². The van der Waals surface area contributed by atoms with E-state index in [1.54, 1.807) is 0 Å². The van der Waals surface area contributed by atoms with Crippen LogP contribution in [0.15, 0.2) is 0 Å². The number of aliphatic hydroxyl groups is 2. The third-order valence-electron chi connectivity index (χ3n) is 1.57. The summed E-state index contributed by atoms with van der Waals surface area (Å²) in [6.07, 6.45) is -2.40. The molecule has 0 aromatic heterocycles. The molecule has 0 aliphatic heterocycles. The maximum Gasteiger partial charge on any atom is 0.523 e. The molecular weight excluding hydrogens is 269 g/mol. The molecule has 104 valence electrons. The molecule has 0 saturated carbocycles. The average Bonchev–Trinajstić information content (AvgIpc) is 1.93. The molecule has 0 aromatic rings. The zero-order valence-electron chi connectivity index (χ0n) is 8.89. The van der Waals surface area contributed by atoms with Crippen molar-refractivity contribution in [3.63, 3.8) is 0 Å². The van der Waals surface area contributed by atoms with Crippen LogP contribution >= 0.6 is 0 Å². The molecule has 0 rings (SSSR count). The Kier molecular flexibility index (Phi) is 4.21. The molecule has 6 N–H and O–H groups in total. The van der Waals surface area contributed by atoms with Crippen LogP contribution in [-0.2, 0) is 14.3 Å². The van der Waals surface area contributed by atoms with Crippen molar-refractivity contribution in [2.24, 2.45) is 11.5 Å². The molecule has 0 aliphatic carbocycles. The highest BCUT2D eigenvalue weighted by Crippen LogP contribution is 2.29. The monoisotopic (exact) mass is 282 g/mol. The summed E-state index contributed by atoms with van der Waals surface area (Å²) in [6, 6.07) is 0. The summed E-state index contributed by atoms with van der Waals surface area (Å²) in [5, 5.41) is 18.4. The highest BCUT2D eigenvalue weighted by Gasteiger charge is 2.53. The average molecular weight is 282 g/mol. The van der Waals surface area contributed by atoms with E-state index in [9.17, 15) is 31.8 Å². The molecule has 0 fully saturated rings. The Balaban J connectivity index is 5.33. The van der Waals surface area contributed by atoms with Gasteiger partial charge >= 0.3 is 15.6 Å². The van der Waals surface area contributed by atoms with Crippen LogP contribution in [0.25, 0.3) is 0 Å². The van der Waals surface area contributed by atoms with Crippen LogP contribution in [0.5, 0.6) is 0 Å². The van der Waals surface area contributed by atoms with E-state index in [1.807, 2.05) is 0 Å². The summed E-state index contributed by atoms with van der Waals surface area (Å²) in [5.74, 6) is 0. The smallest absolute Gasteiger partial charge is 0.373 e. The third kappa shape index (κ3) is 4.37. The van der Waals surface area contributed by atoms with Crippen molar-refractivity contribution >= 4 is 10.1 Å². The quantitative estimate of drug-likeness (QED) is 0.281. The van der Waals surface area contributed by atoms with Crippen molar-refractivity contribution in [2.75, 3.05) is 0 Å². The van der Waals surface area contributed by atoms with E-state index >= 15 is 0 Å². The second kappa shape index (κ2) is 4.33. The molecule has 0 radical (unpaired) electrons. The number of alkyl halides is 3. The lowest BCUT2D eigenvalue weighted by atomic mass is 10.0. The maximum atomic E-state index is 12.0. The lowest BCUT2D eigenvalue weighted by Crippen LogP contribution is -2.64. The minimum absolute atomic E-state index is 0.727. The molecule has 0 spiro atoms. The van der Waals surface area contributed by atoms with Gasteiger partial charge in [0.1, 0.15) is 11.4 Å². The van der Waals surface area contributed by atoms with Crippen LogP contribution in [0, 0.1) is 0 Å². The largest absolute Gasteiger partial charge is 0.523 e. The van der Waals surface area contributed by atoms with E-state index in [-0.39, 0.29) is 0 Å². The van der Waals surface area contributed by atoms with Gasteiger partial charge in [-0.2, -0.15) is 21.6 Å². The molecule has 17 heavy (non-hydrogen) atoms. The van der Waals surface area contributed by atoms with Crippen LogP contribution in [0.4, 0.5) is 13.2 Å². The maximum absolute atomic E-state index is 12.0. The Hall–Kier alpha value is -0.460. The predicted molar refractivity (Wildman–Crippen MR) is 49.5 cm³/mol. The minimum atomic E-state index is -6.04. The fraction of sp³-hybridized carbons (Fsp3) is 1.00. The molecule has 0 aromatic carbocycles. The summed E-state index contributed by atoms with van der Waals surface area (Å²) >= 11 is 0. The van der Waals surface area contributed by atoms with Gasteiger partial charge in [0.25, 0.3) is 0 Å². The first-order valence-corrected chi connectivity index (χ1v) is 5.52. The molecule has 0 bridgehead atoms. The van der Waals surface area contributed by atoms with Gasteiger partial charge < -0.3 is 21.7 Å². The zero-order valence-corrected chi connectivity index (χ0v) is 9.71. The zero-order chi connectivity index (χ0) is 14.3. The van der Waals surface area contributed by atoms with Gasteiger partial charge in [-0.25, -0.2) is 0 Å². The minimum Gasteiger partial charge on any atom is -0.373 e. The Labute approximate surface area is 95.3 Å². The van der Waals surface area contributed by atoms with Crippen LogP contribution in [0.3, 0.4) is 0 Å². The van der Waals surface area contributed by atoms with Crippen molar-refractivity contribution in [3.05, 3.63) is 0 Å². The molecule has 0 aliphatic rings. The second-order valence-corrected chi connectivity index (χ2v) is 5.39. The van der Waals surface area contributed by atoms with E-state index < -0.39 is 33.2 Å². The van der Waals surface area contributed by atoms with Gasteiger partial charge in [0, 0.05) is 0 Å². The Morgan fingerprint density at radius 2 is 1.41 bits per heavy atom. The molecule has 0 amide bonds. The first kappa shape index (κ1) is 16.5. The molecule has 11 heteroatoms. The van der Waals surface area contributed by atoms with Crippen molar-refractivity contribution in [2.45, 2.75) is 36.9 Å². The van der Waals surface area contributed by atoms with Crippen molar-refractivity contribution in [3.8, 4) is 0 Å². The lowest BCUT2D eigenvalue weighted by molar-refractivity contribution is -0.147. The summed E-state index contributed by atoms with van der Waals surface area (Å²) in [5.41, 5.74) is -0.972. The summed E-state index contributed by atoms with van der Waals surface area (Å²) in [7, 11) is -6.04. The summed E-state index contributed by atoms with van der Waals surface area (Å²) < 4.78 is 61.0. The predicted octanol–water partition coefficient (Wildman–Crippen LogP) is -1.44. The number of hydrogen-bond acceptors (Lipinski definition) is 7. The third-order valence-corrected chi connectivity index (χ3v) is 2.58. The van der Waals surface area contributed by atoms with Gasteiger partial charge in [-0.1, -0.05) is 0 Å². The van der Waals surface area contributed by atoms with Crippen molar-refractivity contribution in [1.29, 1.82) is 0 Å². The Morgan fingerprint density at radius 1 is 1.12 bits per heavy atom. The van der Waals surface area contributed by atoms with Crippen LogP contribution in [0.2, 0.25) is 0 Å². The number of rotatable bonds is 4. The Morgan fingerprint density at radius 3 is 1.59 bits per heavy atom. The fourth-order valence-corrected chi connectivity index (χ4v) is 1.72. The van der Waals surface area contributed by atoms with Gasteiger partial charge in [-0.3, -0.25) is 4.18 Å². The molecule has 7 nitrogen and oxygen atoms in total. The van der Waals surface area contributed by atoms with Gasteiger partial charge in [0.05, 0.1) is 0 Å². The highest BCUT2D eigenvalue weighted by atomic mass is 32.2. The fourth-order valence-electron chi connectivity index (χ4n) is 0.968. The topological polar surface area (TPSA) is 136 Å². The molecule has 2 atom stereocenters. The van der Waals surface area contributed by atoms with Gasteiger partial charge in [0.2, 0.25) is 0 Å². The normalized spacial score (nSPS) is 22.6. The Bertz CT molecular complexity index is 353. The molecular formula is C6H13F3N2O5S. The second-order valence-electron chi connectivity index (χ2n) is 3.83. The van der Waals surface area contributed by atoms with Crippen LogP contribution < -0.4 is 11.5 Å². The first-order chi connectivity index (χ1) is 7.09. The van der Waals surface area contributed by atoms with Crippen molar-refractivity contribution in [1.82, 2.24) is 0 Å². The standard InChI is InChI=1S/C6H13F3N2O5S/c1-4(10,12)3(5(2,11)13)16-17(14,15)6(7,8)9/h3,12-13H,10-11H2,1-2H3. The van der Waals surface area contributed by atoms with E-state index in [2.05, 4.69) is 4.18 Å². The van der Waals surface area contributed by atoms with Gasteiger partial charge in [-0.05, 0) is 13.8 Å².